The van der Waals surface area contributed by atoms with Crippen LogP contribution in [0.1, 0.15) is 30.8 Å². The maximum atomic E-state index is 5.49. The van der Waals surface area contributed by atoms with Crippen molar-refractivity contribution < 1.29 is 4.74 Å². The van der Waals surface area contributed by atoms with Gasteiger partial charge in [-0.1, -0.05) is 25.1 Å². The molecular formula is C16H23N3O. The van der Waals surface area contributed by atoms with Crippen LogP contribution < -0.4 is 10.1 Å². The molecule has 0 aliphatic rings. The lowest BCUT2D eigenvalue weighted by Crippen LogP contribution is -2.27. The molecule has 4 heteroatoms. The molecule has 4 nitrogen and oxygen atoms in total. The number of rotatable bonds is 7. The van der Waals surface area contributed by atoms with Gasteiger partial charge in [0.05, 0.1) is 13.2 Å². The average molecular weight is 273 g/mol. The van der Waals surface area contributed by atoms with Gasteiger partial charge in [-0.05, 0) is 26.0 Å². The third-order valence-electron chi connectivity index (χ3n) is 3.46. The van der Waals surface area contributed by atoms with Crippen LogP contribution in [-0.4, -0.2) is 23.2 Å². The van der Waals surface area contributed by atoms with E-state index in [9.17, 15) is 0 Å². The van der Waals surface area contributed by atoms with Gasteiger partial charge in [-0.15, -0.1) is 0 Å². The van der Waals surface area contributed by atoms with Crippen LogP contribution in [0.25, 0.3) is 0 Å². The molecule has 0 radical (unpaired) electrons. The summed E-state index contributed by atoms with van der Waals surface area (Å²) in [7, 11) is 1.72. The molecule has 20 heavy (non-hydrogen) atoms. The molecule has 1 heterocycles. The number of ether oxygens (including phenoxy) is 1. The molecule has 0 amide bonds. The van der Waals surface area contributed by atoms with Gasteiger partial charge in [0.15, 0.2) is 0 Å². The van der Waals surface area contributed by atoms with Crippen LogP contribution in [0, 0.1) is 6.92 Å². The van der Waals surface area contributed by atoms with Gasteiger partial charge < -0.3 is 14.6 Å². The second-order valence-electron chi connectivity index (χ2n) is 4.88. The Kier molecular flexibility index (Phi) is 5.18. The van der Waals surface area contributed by atoms with E-state index in [0.29, 0.717) is 0 Å². The highest BCUT2D eigenvalue weighted by Gasteiger charge is 2.16. The van der Waals surface area contributed by atoms with Gasteiger partial charge in [-0.3, -0.25) is 0 Å². The van der Waals surface area contributed by atoms with E-state index >= 15 is 0 Å². The fraction of sp³-hybridized carbons (Fsp3) is 0.438. The van der Waals surface area contributed by atoms with Gasteiger partial charge in [0.2, 0.25) is 0 Å². The smallest absolute Gasteiger partial charge is 0.123 e. The first-order valence-corrected chi connectivity index (χ1v) is 7.10. The van der Waals surface area contributed by atoms with E-state index in [2.05, 4.69) is 33.9 Å². The largest absolute Gasteiger partial charge is 0.496 e. The Morgan fingerprint density at radius 2 is 2.15 bits per heavy atom. The van der Waals surface area contributed by atoms with E-state index in [0.717, 1.165) is 31.1 Å². The summed E-state index contributed by atoms with van der Waals surface area (Å²) in [5, 5.41) is 3.60. The lowest BCUT2D eigenvalue weighted by Gasteiger charge is -2.22. The topological polar surface area (TPSA) is 39.1 Å². The first kappa shape index (κ1) is 14.6. The van der Waals surface area contributed by atoms with Gasteiger partial charge in [-0.2, -0.15) is 0 Å². The van der Waals surface area contributed by atoms with E-state index in [4.69, 9.17) is 4.74 Å². The number of imidazole rings is 1. The number of aromatic nitrogens is 2. The van der Waals surface area contributed by atoms with Crippen LogP contribution in [0.3, 0.4) is 0 Å². The summed E-state index contributed by atoms with van der Waals surface area (Å²) in [5.41, 5.74) is 1.19. The fourth-order valence-electron chi connectivity index (χ4n) is 2.34. The second-order valence-corrected chi connectivity index (χ2v) is 4.88. The molecule has 0 aliphatic heterocycles. The molecule has 0 fully saturated rings. The van der Waals surface area contributed by atoms with Crippen molar-refractivity contribution in [3.05, 3.63) is 48.0 Å². The highest BCUT2D eigenvalue weighted by atomic mass is 16.5. The van der Waals surface area contributed by atoms with Crippen LogP contribution in [0.4, 0.5) is 0 Å². The molecule has 108 valence electrons. The van der Waals surface area contributed by atoms with E-state index in [1.54, 1.807) is 7.11 Å². The van der Waals surface area contributed by atoms with E-state index in [-0.39, 0.29) is 6.04 Å². The molecule has 0 spiro atoms. The summed E-state index contributed by atoms with van der Waals surface area (Å²) in [6, 6.07) is 8.41. The van der Waals surface area contributed by atoms with Crippen molar-refractivity contribution >= 4 is 0 Å². The molecule has 1 aromatic carbocycles. The normalized spacial score (nSPS) is 12.3. The van der Waals surface area contributed by atoms with Crippen molar-refractivity contribution in [1.82, 2.24) is 14.9 Å². The minimum absolute atomic E-state index is 0.221. The zero-order valence-electron chi connectivity index (χ0n) is 12.5. The molecule has 0 saturated heterocycles. The average Bonchev–Trinajstić information content (AvgIpc) is 2.88. The predicted octanol–water partition coefficient (Wildman–Crippen LogP) is 2.94. The summed E-state index contributed by atoms with van der Waals surface area (Å²) in [6.07, 6.45) is 4.97. The Hall–Kier alpha value is -1.81. The first-order chi connectivity index (χ1) is 9.76. The maximum absolute atomic E-state index is 5.49. The van der Waals surface area contributed by atoms with Crippen molar-refractivity contribution in [3.63, 3.8) is 0 Å². The standard InChI is InChI=1S/C16H23N3O/c1-4-9-18-15(12-19-11-10-17-13(19)2)14-7-5-6-8-16(14)20-3/h5-8,10-11,15,18H,4,9,12H2,1-3H3. The van der Waals surface area contributed by atoms with Crippen LogP contribution in [-0.2, 0) is 6.54 Å². The zero-order valence-corrected chi connectivity index (χ0v) is 12.5. The molecule has 0 bridgehead atoms. The van der Waals surface area contributed by atoms with Crippen LogP contribution in [0.5, 0.6) is 5.75 Å². The second kappa shape index (κ2) is 7.10. The molecule has 2 aromatic rings. The number of hydrogen-bond donors (Lipinski definition) is 1. The van der Waals surface area contributed by atoms with Crippen molar-refractivity contribution in [1.29, 1.82) is 0 Å². The third kappa shape index (κ3) is 3.39. The highest BCUT2D eigenvalue weighted by Crippen LogP contribution is 2.26. The number of nitrogens with one attached hydrogen (secondary N) is 1. The molecule has 2 rings (SSSR count). The van der Waals surface area contributed by atoms with Gasteiger partial charge in [0, 0.05) is 24.5 Å². The summed E-state index contributed by atoms with van der Waals surface area (Å²) in [4.78, 5) is 4.29. The quantitative estimate of drug-likeness (QED) is 0.843. The van der Waals surface area contributed by atoms with E-state index in [1.807, 2.05) is 31.5 Å². The maximum Gasteiger partial charge on any atom is 0.123 e. The molecular weight excluding hydrogens is 250 g/mol. The molecule has 1 atom stereocenters. The molecule has 1 N–H and O–H groups in total. The zero-order chi connectivity index (χ0) is 14.4. The Labute approximate surface area is 120 Å². The summed E-state index contributed by atoms with van der Waals surface area (Å²) >= 11 is 0. The Morgan fingerprint density at radius 3 is 2.80 bits per heavy atom. The van der Waals surface area contributed by atoms with Crippen LogP contribution >= 0.6 is 0 Å². The van der Waals surface area contributed by atoms with E-state index in [1.165, 1.54) is 5.56 Å². The molecule has 1 unspecified atom stereocenters. The van der Waals surface area contributed by atoms with Crippen LogP contribution in [0.2, 0.25) is 0 Å². The van der Waals surface area contributed by atoms with Crippen molar-refractivity contribution in [2.24, 2.45) is 0 Å². The van der Waals surface area contributed by atoms with Gasteiger partial charge in [-0.25, -0.2) is 4.98 Å². The van der Waals surface area contributed by atoms with Crippen molar-refractivity contribution in [2.45, 2.75) is 32.9 Å². The SMILES string of the molecule is CCCNC(Cn1ccnc1C)c1ccccc1OC. The number of nitrogens with zero attached hydrogens (tertiary/aromatic N) is 2. The Morgan fingerprint density at radius 1 is 1.35 bits per heavy atom. The summed E-state index contributed by atoms with van der Waals surface area (Å²) in [5.74, 6) is 1.96. The lowest BCUT2D eigenvalue weighted by molar-refractivity contribution is 0.388. The Balaban J connectivity index is 2.24. The number of methoxy groups -OCH3 is 1. The molecule has 1 aromatic heterocycles. The van der Waals surface area contributed by atoms with Gasteiger partial charge in [0.25, 0.3) is 0 Å². The summed E-state index contributed by atoms with van der Waals surface area (Å²) < 4.78 is 7.66. The van der Waals surface area contributed by atoms with Crippen LogP contribution in [0.15, 0.2) is 36.7 Å². The molecule has 0 aliphatic carbocycles. The number of para-hydroxylation sites is 1. The highest BCUT2D eigenvalue weighted by molar-refractivity contribution is 5.35. The predicted molar refractivity (Wildman–Crippen MR) is 81.0 cm³/mol. The monoisotopic (exact) mass is 273 g/mol. The van der Waals surface area contributed by atoms with E-state index < -0.39 is 0 Å². The van der Waals surface area contributed by atoms with Gasteiger partial charge >= 0.3 is 0 Å². The molecule has 0 saturated carbocycles. The minimum Gasteiger partial charge on any atom is -0.496 e. The first-order valence-electron chi connectivity index (χ1n) is 7.10. The number of aryl methyl sites for hydroxylation is 1. The van der Waals surface area contributed by atoms with Crippen molar-refractivity contribution in [2.75, 3.05) is 13.7 Å². The van der Waals surface area contributed by atoms with Gasteiger partial charge in [0.1, 0.15) is 11.6 Å². The third-order valence-corrected chi connectivity index (χ3v) is 3.46. The lowest BCUT2D eigenvalue weighted by atomic mass is 10.1. The Bertz CT molecular complexity index is 536. The minimum atomic E-state index is 0.221. The number of hydrogen-bond acceptors (Lipinski definition) is 3. The number of benzene rings is 1. The van der Waals surface area contributed by atoms with Crippen molar-refractivity contribution in [3.8, 4) is 5.75 Å². The summed E-state index contributed by atoms with van der Waals surface area (Å²) in [6.45, 7) is 6.04. The fourth-order valence-corrected chi connectivity index (χ4v) is 2.34.